The Morgan fingerprint density at radius 3 is 2.23 bits per heavy atom. The highest BCUT2D eigenvalue weighted by atomic mass is 16.5. The molecule has 2 aliphatic rings. The van der Waals surface area contributed by atoms with Gasteiger partial charge < -0.3 is 20.1 Å². The Morgan fingerprint density at radius 1 is 1.06 bits per heavy atom. The lowest BCUT2D eigenvalue weighted by molar-refractivity contribution is -0.163. The largest absolute Gasteiger partial charge is 0.480 e. The number of carbonyl (C=O) groups is 3. The molecule has 1 aliphatic heterocycles. The van der Waals surface area contributed by atoms with Crippen LogP contribution in [-0.2, 0) is 14.3 Å². The summed E-state index contributed by atoms with van der Waals surface area (Å²) in [6.07, 6.45) is 1.40. The molecule has 35 heavy (non-hydrogen) atoms. The lowest BCUT2D eigenvalue weighted by atomic mass is 9.85. The van der Waals surface area contributed by atoms with Gasteiger partial charge in [0.05, 0.1) is 5.92 Å². The summed E-state index contributed by atoms with van der Waals surface area (Å²) in [6.45, 7) is 6.13. The normalized spacial score (nSPS) is 20.2. The standard InChI is InChI=1S/C28H34N2O5/c1-18(2)23(25(31)30-15-9-8-14-28(30,3)26(32)33)16-29-27(34)35-17-24-21-12-6-4-10-19(21)20-11-5-7-13-22(20)24/h4-7,10-13,18,23-24H,8-9,14-17H2,1-3H3,(H,29,34)(H,32,33). The molecule has 1 fully saturated rings. The van der Waals surface area contributed by atoms with Crippen LogP contribution in [0, 0.1) is 11.8 Å². The predicted octanol–water partition coefficient (Wildman–Crippen LogP) is 4.65. The third-order valence-electron chi connectivity index (χ3n) is 7.55. The maximum absolute atomic E-state index is 13.4. The summed E-state index contributed by atoms with van der Waals surface area (Å²) >= 11 is 0. The third kappa shape index (κ3) is 4.77. The van der Waals surface area contributed by atoms with E-state index in [2.05, 4.69) is 29.6 Å². The van der Waals surface area contributed by atoms with Gasteiger partial charge in [0.25, 0.3) is 0 Å². The second kappa shape index (κ2) is 10.1. The van der Waals surface area contributed by atoms with Crippen LogP contribution in [0.5, 0.6) is 0 Å². The molecule has 2 unspecified atom stereocenters. The molecule has 186 valence electrons. The maximum Gasteiger partial charge on any atom is 0.407 e. The van der Waals surface area contributed by atoms with Crippen molar-refractivity contribution in [2.75, 3.05) is 19.7 Å². The fourth-order valence-corrected chi connectivity index (χ4v) is 5.35. The number of hydrogen-bond donors (Lipinski definition) is 2. The van der Waals surface area contributed by atoms with Gasteiger partial charge in [0.2, 0.25) is 5.91 Å². The van der Waals surface area contributed by atoms with Crippen LogP contribution < -0.4 is 5.32 Å². The molecule has 2 atom stereocenters. The summed E-state index contributed by atoms with van der Waals surface area (Å²) in [6, 6.07) is 16.3. The fraction of sp³-hybridized carbons (Fsp3) is 0.464. The van der Waals surface area contributed by atoms with Crippen LogP contribution in [0.25, 0.3) is 11.1 Å². The van der Waals surface area contributed by atoms with Crippen molar-refractivity contribution in [2.24, 2.45) is 11.8 Å². The van der Waals surface area contributed by atoms with E-state index in [1.165, 1.54) is 4.90 Å². The highest BCUT2D eigenvalue weighted by Gasteiger charge is 2.46. The number of hydrogen-bond acceptors (Lipinski definition) is 4. The average molecular weight is 479 g/mol. The number of likely N-dealkylation sites (tertiary alicyclic amines) is 1. The number of carboxylic acids is 1. The molecule has 1 aliphatic carbocycles. The molecule has 0 radical (unpaired) electrons. The third-order valence-corrected chi connectivity index (χ3v) is 7.55. The number of ether oxygens (including phenoxy) is 1. The van der Waals surface area contributed by atoms with Crippen LogP contribution in [-0.4, -0.2) is 53.2 Å². The zero-order chi connectivity index (χ0) is 25.2. The SMILES string of the molecule is CC(C)C(CNC(=O)OCC1c2ccccc2-c2ccccc21)C(=O)N1CCCCC1(C)C(=O)O. The number of amides is 2. The molecular formula is C28H34N2O5. The molecule has 4 rings (SSSR count). The van der Waals surface area contributed by atoms with Crippen molar-refractivity contribution in [1.29, 1.82) is 0 Å². The number of aliphatic carboxylic acids is 1. The van der Waals surface area contributed by atoms with Gasteiger partial charge in [-0.2, -0.15) is 0 Å². The van der Waals surface area contributed by atoms with E-state index in [1.54, 1.807) is 6.92 Å². The molecule has 0 bridgehead atoms. The number of nitrogens with zero attached hydrogens (tertiary/aromatic N) is 1. The predicted molar refractivity (Wildman–Crippen MR) is 133 cm³/mol. The zero-order valence-electron chi connectivity index (χ0n) is 20.6. The summed E-state index contributed by atoms with van der Waals surface area (Å²) in [5.41, 5.74) is 3.37. The smallest absolute Gasteiger partial charge is 0.407 e. The minimum absolute atomic E-state index is 0.0414. The quantitative estimate of drug-likeness (QED) is 0.604. The monoisotopic (exact) mass is 478 g/mol. The van der Waals surface area contributed by atoms with Gasteiger partial charge in [-0.25, -0.2) is 9.59 Å². The molecule has 7 heteroatoms. The highest BCUT2D eigenvalue weighted by Crippen LogP contribution is 2.44. The van der Waals surface area contributed by atoms with Gasteiger partial charge in [-0.1, -0.05) is 62.4 Å². The maximum atomic E-state index is 13.4. The first-order valence-corrected chi connectivity index (χ1v) is 12.4. The van der Waals surface area contributed by atoms with Crippen molar-refractivity contribution < 1.29 is 24.2 Å². The number of benzene rings is 2. The van der Waals surface area contributed by atoms with E-state index in [0.29, 0.717) is 13.0 Å². The second-order valence-electron chi connectivity index (χ2n) is 10.1. The first-order valence-electron chi connectivity index (χ1n) is 12.4. The number of rotatable bonds is 7. The number of carbonyl (C=O) groups excluding carboxylic acids is 2. The lowest BCUT2D eigenvalue weighted by Crippen LogP contribution is -2.60. The van der Waals surface area contributed by atoms with Crippen molar-refractivity contribution in [3.05, 3.63) is 59.7 Å². The van der Waals surface area contributed by atoms with Crippen LogP contribution in [0.2, 0.25) is 0 Å². The van der Waals surface area contributed by atoms with Crippen LogP contribution in [0.15, 0.2) is 48.5 Å². The Kier molecular flexibility index (Phi) is 7.15. The second-order valence-corrected chi connectivity index (χ2v) is 10.1. The van der Waals surface area contributed by atoms with Crippen LogP contribution in [0.4, 0.5) is 4.79 Å². The molecule has 1 heterocycles. The molecule has 0 spiro atoms. The Hall–Kier alpha value is -3.35. The zero-order valence-corrected chi connectivity index (χ0v) is 20.6. The summed E-state index contributed by atoms with van der Waals surface area (Å²) in [4.78, 5) is 39.5. The highest BCUT2D eigenvalue weighted by molar-refractivity contribution is 5.88. The van der Waals surface area contributed by atoms with Crippen molar-refractivity contribution in [3.63, 3.8) is 0 Å². The number of alkyl carbamates (subject to hydrolysis) is 1. The molecule has 2 aromatic carbocycles. The van der Waals surface area contributed by atoms with Crippen molar-refractivity contribution >= 4 is 18.0 Å². The molecule has 0 saturated carbocycles. The average Bonchev–Trinajstić information content (AvgIpc) is 3.16. The Morgan fingerprint density at radius 2 is 1.66 bits per heavy atom. The Labute approximate surface area is 206 Å². The topological polar surface area (TPSA) is 95.9 Å². The van der Waals surface area contributed by atoms with E-state index in [1.807, 2.05) is 38.1 Å². The van der Waals surface area contributed by atoms with Crippen molar-refractivity contribution in [1.82, 2.24) is 10.2 Å². The van der Waals surface area contributed by atoms with E-state index >= 15 is 0 Å². The van der Waals surface area contributed by atoms with Crippen molar-refractivity contribution in [3.8, 4) is 11.1 Å². The van der Waals surface area contributed by atoms with E-state index in [-0.39, 0.29) is 30.9 Å². The minimum Gasteiger partial charge on any atom is -0.480 e. The van der Waals surface area contributed by atoms with E-state index in [4.69, 9.17) is 4.74 Å². The van der Waals surface area contributed by atoms with Crippen LogP contribution in [0.3, 0.4) is 0 Å². The lowest BCUT2D eigenvalue weighted by Gasteiger charge is -2.43. The summed E-state index contributed by atoms with van der Waals surface area (Å²) in [5.74, 6) is -1.87. The van der Waals surface area contributed by atoms with Gasteiger partial charge in [0, 0.05) is 19.0 Å². The van der Waals surface area contributed by atoms with Gasteiger partial charge in [0.1, 0.15) is 12.1 Å². The van der Waals surface area contributed by atoms with Gasteiger partial charge in [-0.3, -0.25) is 4.79 Å². The molecule has 7 nitrogen and oxygen atoms in total. The number of piperidine rings is 1. The van der Waals surface area contributed by atoms with Gasteiger partial charge in [-0.15, -0.1) is 0 Å². The van der Waals surface area contributed by atoms with Crippen LogP contribution >= 0.6 is 0 Å². The molecule has 2 amide bonds. The first-order chi connectivity index (χ1) is 16.7. The molecule has 1 saturated heterocycles. The molecule has 0 aromatic heterocycles. The number of carboxylic acid groups (broad SMARTS) is 1. The molecule has 2 aromatic rings. The number of nitrogens with one attached hydrogen (secondary N) is 1. The molecule has 2 N–H and O–H groups in total. The van der Waals surface area contributed by atoms with Crippen LogP contribution in [0.1, 0.15) is 57.1 Å². The number of fused-ring (bicyclic) bond motifs is 3. The molecular weight excluding hydrogens is 444 g/mol. The minimum atomic E-state index is -1.22. The fourth-order valence-electron chi connectivity index (χ4n) is 5.35. The van der Waals surface area contributed by atoms with E-state index < -0.39 is 23.5 Å². The van der Waals surface area contributed by atoms with Gasteiger partial charge in [0.15, 0.2) is 0 Å². The van der Waals surface area contributed by atoms with Gasteiger partial charge in [-0.05, 0) is 54.4 Å². The summed E-state index contributed by atoms with van der Waals surface area (Å²) in [5, 5.41) is 12.5. The van der Waals surface area contributed by atoms with E-state index in [0.717, 1.165) is 35.1 Å². The Balaban J connectivity index is 1.39. The van der Waals surface area contributed by atoms with Crippen molar-refractivity contribution in [2.45, 2.75) is 51.5 Å². The first kappa shape index (κ1) is 24.8. The Bertz CT molecular complexity index is 1070. The van der Waals surface area contributed by atoms with Gasteiger partial charge >= 0.3 is 12.1 Å². The van der Waals surface area contributed by atoms with E-state index in [9.17, 15) is 19.5 Å². The summed E-state index contributed by atoms with van der Waals surface area (Å²) < 4.78 is 5.61. The summed E-state index contributed by atoms with van der Waals surface area (Å²) in [7, 11) is 0.